The predicted molar refractivity (Wildman–Crippen MR) is 47.0 cm³/mol. The van der Waals surface area contributed by atoms with Crippen molar-refractivity contribution in [3.8, 4) is 0 Å². The third-order valence-corrected chi connectivity index (χ3v) is 2.53. The van der Waals surface area contributed by atoms with E-state index in [1.54, 1.807) is 0 Å². The second-order valence-corrected chi connectivity index (χ2v) is 3.66. The number of anilines is 1. The molecule has 1 aliphatic carbocycles. The van der Waals surface area contributed by atoms with E-state index in [0.717, 1.165) is 24.4 Å². The number of hydrogen-bond acceptors (Lipinski definition) is 4. The number of nitrogens with two attached hydrogens (primary N) is 1. The molecule has 0 atom stereocenters. The highest BCUT2D eigenvalue weighted by atomic mass is 32.1. The fourth-order valence-electron chi connectivity index (χ4n) is 0.898. The molecule has 1 amide bonds. The van der Waals surface area contributed by atoms with Crippen LogP contribution in [0.5, 0.6) is 0 Å². The Bertz CT molecular complexity index is 305. The molecule has 4 nitrogen and oxygen atoms in total. The van der Waals surface area contributed by atoms with Crippen molar-refractivity contribution in [1.82, 2.24) is 9.69 Å². The van der Waals surface area contributed by atoms with Crippen molar-refractivity contribution in [3.05, 3.63) is 11.1 Å². The summed E-state index contributed by atoms with van der Waals surface area (Å²) in [6.45, 7) is 0. The molecule has 0 aromatic carbocycles. The van der Waals surface area contributed by atoms with Gasteiger partial charge in [0.15, 0.2) is 0 Å². The first kappa shape index (κ1) is 7.54. The standard InChI is InChI=1S/C7H9N3OS/c8-5-3-9-12-6(5)7(11)10-4-1-2-4/h3-4H,1-2,8H2,(H,10,11). The van der Waals surface area contributed by atoms with Gasteiger partial charge in [0.2, 0.25) is 0 Å². The number of carbonyl (C=O) groups excluding carboxylic acids is 1. The summed E-state index contributed by atoms with van der Waals surface area (Å²) in [7, 11) is 0. The third-order valence-electron chi connectivity index (χ3n) is 1.72. The number of amides is 1. The molecular weight excluding hydrogens is 174 g/mol. The van der Waals surface area contributed by atoms with E-state index in [1.807, 2.05) is 0 Å². The number of nitrogens with zero attached hydrogens (tertiary/aromatic N) is 1. The number of nitrogen functional groups attached to an aromatic ring is 1. The van der Waals surface area contributed by atoms with Gasteiger partial charge in [0.05, 0.1) is 11.9 Å². The summed E-state index contributed by atoms with van der Waals surface area (Å²) >= 11 is 1.14. The Morgan fingerprint density at radius 1 is 1.75 bits per heavy atom. The van der Waals surface area contributed by atoms with Crippen molar-refractivity contribution in [2.24, 2.45) is 0 Å². The maximum absolute atomic E-state index is 11.4. The van der Waals surface area contributed by atoms with Crippen LogP contribution >= 0.6 is 11.5 Å². The summed E-state index contributed by atoms with van der Waals surface area (Å²) in [6, 6.07) is 0.374. The molecular formula is C7H9N3OS. The topological polar surface area (TPSA) is 68.0 Å². The van der Waals surface area contributed by atoms with E-state index < -0.39 is 0 Å². The molecule has 5 heteroatoms. The van der Waals surface area contributed by atoms with Crippen molar-refractivity contribution < 1.29 is 4.79 Å². The predicted octanol–water partition coefficient (Wildman–Crippen LogP) is 0.618. The summed E-state index contributed by atoms with van der Waals surface area (Å²) in [4.78, 5) is 11.9. The van der Waals surface area contributed by atoms with E-state index in [2.05, 4.69) is 9.69 Å². The quantitative estimate of drug-likeness (QED) is 0.706. The van der Waals surface area contributed by atoms with E-state index >= 15 is 0 Å². The van der Waals surface area contributed by atoms with Crippen LogP contribution in [0.2, 0.25) is 0 Å². The van der Waals surface area contributed by atoms with Gasteiger partial charge in [0, 0.05) is 6.04 Å². The highest BCUT2D eigenvalue weighted by Crippen LogP contribution is 2.21. The van der Waals surface area contributed by atoms with E-state index in [-0.39, 0.29) is 5.91 Å². The molecule has 3 N–H and O–H groups in total. The SMILES string of the molecule is Nc1cnsc1C(=O)NC1CC1. The van der Waals surface area contributed by atoms with Crippen molar-refractivity contribution >= 4 is 23.1 Å². The van der Waals surface area contributed by atoms with E-state index in [1.165, 1.54) is 6.20 Å². The Labute approximate surface area is 73.9 Å². The fourth-order valence-corrected chi connectivity index (χ4v) is 1.47. The minimum absolute atomic E-state index is 0.0856. The zero-order valence-electron chi connectivity index (χ0n) is 6.41. The van der Waals surface area contributed by atoms with E-state index in [4.69, 9.17) is 5.73 Å². The van der Waals surface area contributed by atoms with Gasteiger partial charge in [-0.1, -0.05) is 0 Å². The first-order valence-electron chi connectivity index (χ1n) is 3.78. The molecule has 1 aromatic heterocycles. The summed E-state index contributed by atoms with van der Waals surface area (Å²) in [6.07, 6.45) is 3.68. The van der Waals surface area contributed by atoms with Gasteiger partial charge < -0.3 is 11.1 Å². The largest absolute Gasteiger partial charge is 0.396 e. The van der Waals surface area contributed by atoms with E-state index in [9.17, 15) is 4.79 Å². The lowest BCUT2D eigenvalue weighted by Gasteiger charge is -1.99. The number of aromatic nitrogens is 1. The first-order chi connectivity index (χ1) is 5.77. The van der Waals surface area contributed by atoms with Crippen LogP contribution in [0.3, 0.4) is 0 Å². The smallest absolute Gasteiger partial charge is 0.265 e. The molecule has 1 aromatic rings. The van der Waals surface area contributed by atoms with Gasteiger partial charge in [-0.3, -0.25) is 4.79 Å². The molecule has 1 heterocycles. The van der Waals surface area contributed by atoms with Crippen molar-refractivity contribution in [3.63, 3.8) is 0 Å². The Hall–Kier alpha value is -1.10. The lowest BCUT2D eigenvalue weighted by atomic mass is 10.4. The summed E-state index contributed by atoms with van der Waals surface area (Å²) in [5.41, 5.74) is 6.00. The van der Waals surface area contributed by atoms with E-state index in [0.29, 0.717) is 16.6 Å². The number of hydrogen-bond donors (Lipinski definition) is 2. The summed E-state index contributed by atoms with van der Waals surface area (Å²) in [5.74, 6) is -0.0856. The van der Waals surface area contributed by atoms with Gasteiger partial charge in [0.1, 0.15) is 4.88 Å². The van der Waals surface area contributed by atoms with Crippen molar-refractivity contribution in [2.75, 3.05) is 5.73 Å². The molecule has 64 valence electrons. The molecule has 1 fully saturated rings. The molecule has 1 saturated carbocycles. The number of rotatable bonds is 2. The van der Waals surface area contributed by atoms with Gasteiger partial charge in [-0.05, 0) is 24.4 Å². The van der Waals surface area contributed by atoms with Crippen LogP contribution < -0.4 is 11.1 Å². The average Bonchev–Trinajstić information content (AvgIpc) is 2.72. The zero-order chi connectivity index (χ0) is 8.55. The van der Waals surface area contributed by atoms with Crippen LogP contribution in [0, 0.1) is 0 Å². The van der Waals surface area contributed by atoms with Gasteiger partial charge in [-0.2, -0.15) is 4.37 Å². The van der Waals surface area contributed by atoms with Crippen molar-refractivity contribution in [2.45, 2.75) is 18.9 Å². The Morgan fingerprint density at radius 3 is 3.00 bits per heavy atom. The van der Waals surface area contributed by atoms with Crippen LogP contribution in [0.25, 0.3) is 0 Å². The fraction of sp³-hybridized carbons (Fsp3) is 0.429. The van der Waals surface area contributed by atoms with Gasteiger partial charge in [-0.15, -0.1) is 0 Å². The summed E-state index contributed by atoms with van der Waals surface area (Å²) in [5, 5.41) is 2.85. The first-order valence-corrected chi connectivity index (χ1v) is 4.55. The van der Waals surface area contributed by atoms with Crippen LogP contribution in [0.4, 0.5) is 5.69 Å². The highest BCUT2D eigenvalue weighted by molar-refractivity contribution is 7.08. The van der Waals surface area contributed by atoms with Crippen LogP contribution in [-0.4, -0.2) is 16.3 Å². The second-order valence-electron chi connectivity index (χ2n) is 2.86. The summed E-state index contributed by atoms with van der Waals surface area (Å²) < 4.78 is 3.83. The molecule has 12 heavy (non-hydrogen) atoms. The molecule has 1 aliphatic rings. The Balaban J connectivity index is 2.07. The van der Waals surface area contributed by atoms with Crippen molar-refractivity contribution in [1.29, 1.82) is 0 Å². The molecule has 0 aliphatic heterocycles. The molecule has 0 saturated heterocycles. The number of nitrogens with one attached hydrogen (secondary N) is 1. The van der Waals surface area contributed by atoms with Gasteiger partial charge in [0.25, 0.3) is 5.91 Å². The van der Waals surface area contributed by atoms with Gasteiger partial charge >= 0.3 is 0 Å². The minimum atomic E-state index is -0.0856. The average molecular weight is 183 g/mol. The maximum atomic E-state index is 11.4. The second kappa shape index (κ2) is 2.75. The minimum Gasteiger partial charge on any atom is -0.396 e. The van der Waals surface area contributed by atoms with Crippen LogP contribution in [-0.2, 0) is 0 Å². The maximum Gasteiger partial charge on any atom is 0.265 e. The van der Waals surface area contributed by atoms with Crippen LogP contribution in [0.1, 0.15) is 22.5 Å². The molecule has 0 radical (unpaired) electrons. The molecule has 0 bridgehead atoms. The lowest BCUT2D eigenvalue weighted by molar-refractivity contribution is 0.0956. The molecule has 2 rings (SSSR count). The lowest BCUT2D eigenvalue weighted by Crippen LogP contribution is -2.25. The van der Waals surface area contributed by atoms with Crippen LogP contribution in [0.15, 0.2) is 6.20 Å². The zero-order valence-corrected chi connectivity index (χ0v) is 7.23. The molecule has 0 unspecified atom stereocenters. The van der Waals surface area contributed by atoms with Gasteiger partial charge in [-0.25, -0.2) is 0 Å². The Kier molecular flexibility index (Phi) is 1.73. The molecule has 0 spiro atoms. The normalized spacial score (nSPS) is 16.0. The monoisotopic (exact) mass is 183 g/mol. The number of carbonyl (C=O) groups is 1. The Morgan fingerprint density at radius 2 is 2.50 bits per heavy atom. The highest BCUT2D eigenvalue weighted by Gasteiger charge is 2.25. The third kappa shape index (κ3) is 1.40.